The maximum absolute atomic E-state index is 11.7. The van der Waals surface area contributed by atoms with Gasteiger partial charge in [0.1, 0.15) is 23.5 Å². The van der Waals surface area contributed by atoms with E-state index in [-0.39, 0.29) is 4.87 Å². The van der Waals surface area contributed by atoms with Crippen molar-refractivity contribution in [3.8, 4) is 5.75 Å². The number of nitrogens with one attached hydrogen (secondary N) is 3. The Morgan fingerprint density at radius 1 is 1.22 bits per heavy atom. The Bertz CT molecular complexity index is 1170. The van der Waals surface area contributed by atoms with Gasteiger partial charge in [0.05, 0.1) is 28.4 Å². The lowest BCUT2D eigenvalue weighted by molar-refractivity contribution is 0.417. The minimum Gasteiger partial charge on any atom is -0.494 e. The van der Waals surface area contributed by atoms with E-state index in [0.717, 1.165) is 52.0 Å². The van der Waals surface area contributed by atoms with E-state index in [1.165, 1.54) is 22.6 Å². The number of ether oxygens (including phenoxy) is 1. The van der Waals surface area contributed by atoms with Crippen molar-refractivity contribution in [3.05, 3.63) is 39.4 Å². The number of nitrogens with zero attached hydrogens (tertiary/aromatic N) is 2. The molecule has 3 heterocycles. The second-order valence-corrected chi connectivity index (χ2v) is 7.33. The Hall–Kier alpha value is -2.87. The minimum atomic E-state index is -0.0864. The van der Waals surface area contributed by atoms with Crippen LogP contribution >= 0.6 is 11.3 Å². The van der Waals surface area contributed by atoms with Crippen molar-refractivity contribution in [3.63, 3.8) is 0 Å². The van der Waals surface area contributed by atoms with Crippen LogP contribution in [0.4, 0.5) is 11.5 Å². The van der Waals surface area contributed by atoms with Gasteiger partial charge in [0.2, 0.25) is 0 Å². The van der Waals surface area contributed by atoms with Crippen molar-refractivity contribution in [2.75, 3.05) is 12.4 Å². The molecule has 7 nitrogen and oxygen atoms in total. The van der Waals surface area contributed by atoms with Gasteiger partial charge in [-0.1, -0.05) is 31.6 Å². The van der Waals surface area contributed by atoms with Gasteiger partial charge in [0.15, 0.2) is 0 Å². The van der Waals surface area contributed by atoms with Gasteiger partial charge in [-0.05, 0) is 24.5 Å². The lowest BCUT2D eigenvalue weighted by Crippen LogP contribution is -1.99. The molecule has 0 radical (unpaired) electrons. The molecule has 4 aromatic rings. The number of aromatic nitrogens is 4. The van der Waals surface area contributed by atoms with Crippen LogP contribution in [0, 0.1) is 0 Å². The van der Waals surface area contributed by atoms with Crippen molar-refractivity contribution in [2.45, 2.75) is 33.1 Å². The summed E-state index contributed by atoms with van der Waals surface area (Å²) < 4.78 is 6.38. The minimum absolute atomic E-state index is 0.0864. The molecule has 27 heavy (non-hydrogen) atoms. The van der Waals surface area contributed by atoms with Gasteiger partial charge < -0.3 is 20.0 Å². The van der Waals surface area contributed by atoms with Crippen LogP contribution in [0.1, 0.15) is 31.5 Å². The SMILES string of the molecule is CCCc1[nH]c2ncnc(Nc3cc4sc(=O)[nH]c4cc3OC)c2c1CC. The van der Waals surface area contributed by atoms with E-state index in [4.69, 9.17) is 4.74 Å². The highest BCUT2D eigenvalue weighted by atomic mass is 32.1. The van der Waals surface area contributed by atoms with Crippen LogP contribution < -0.4 is 14.9 Å². The van der Waals surface area contributed by atoms with Crippen molar-refractivity contribution < 1.29 is 4.74 Å². The molecule has 1 aromatic carbocycles. The largest absolute Gasteiger partial charge is 0.494 e. The normalized spacial score (nSPS) is 11.4. The third kappa shape index (κ3) is 3.06. The Morgan fingerprint density at radius 3 is 2.81 bits per heavy atom. The van der Waals surface area contributed by atoms with Crippen LogP contribution in [0.5, 0.6) is 5.75 Å². The van der Waals surface area contributed by atoms with E-state index in [2.05, 4.69) is 39.1 Å². The number of aryl methyl sites for hydroxylation is 2. The Morgan fingerprint density at radius 2 is 2.07 bits per heavy atom. The van der Waals surface area contributed by atoms with Gasteiger partial charge in [0, 0.05) is 11.8 Å². The van der Waals surface area contributed by atoms with E-state index in [0.29, 0.717) is 5.75 Å². The first-order valence-electron chi connectivity index (χ1n) is 8.96. The molecule has 0 unspecified atom stereocenters. The number of rotatable bonds is 6. The summed E-state index contributed by atoms with van der Waals surface area (Å²) >= 11 is 1.17. The van der Waals surface area contributed by atoms with E-state index in [1.807, 2.05) is 12.1 Å². The summed E-state index contributed by atoms with van der Waals surface area (Å²) in [6.45, 7) is 4.31. The van der Waals surface area contributed by atoms with Crippen LogP contribution in [-0.4, -0.2) is 27.0 Å². The maximum atomic E-state index is 11.7. The lowest BCUT2D eigenvalue weighted by atomic mass is 10.1. The van der Waals surface area contributed by atoms with Crippen molar-refractivity contribution in [1.82, 2.24) is 19.9 Å². The smallest absolute Gasteiger partial charge is 0.305 e. The third-order valence-electron chi connectivity index (χ3n) is 4.63. The Labute approximate surface area is 159 Å². The molecule has 140 valence electrons. The molecule has 0 aliphatic rings. The van der Waals surface area contributed by atoms with Crippen LogP contribution in [-0.2, 0) is 12.8 Å². The first kappa shape index (κ1) is 17.5. The highest BCUT2D eigenvalue weighted by Crippen LogP contribution is 2.35. The number of hydrogen-bond donors (Lipinski definition) is 3. The molecule has 0 fully saturated rings. The fraction of sp³-hybridized carbons (Fsp3) is 0.316. The van der Waals surface area contributed by atoms with Gasteiger partial charge in [-0.3, -0.25) is 4.79 Å². The molecule has 0 aliphatic heterocycles. The maximum Gasteiger partial charge on any atom is 0.305 e. The monoisotopic (exact) mass is 383 g/mol. The van der Waals surface area contributed by atoms with Gasteiger partial charge in [-0.2, -0.15) is 0 Å². The number of benzene rings is 1. The van der Waals surface area contributed by atoms with Crippen LogP contribution in [0.15, 0.2) is 23.3 Å². The molecular weight excluding hydrogens is 362 g/mol. The Balaban J connectivity index is 1.86. The molecule has 0 bridgehead atoms. The number of methoxy groups -OCH3 is 1. The molecular formula is C19H21N5O2S. The highest BCUT2D eigenvalue weighted by Gasteiger charge is 2.17. The lowest BCUT2D eigenvalue weighted by Gasteiger charge is -2.12. The van der Waals surface area contributed by atoms with Gasteiger partial charge in [-0.15, -0.1) is 0 Å². The first-order valence-corrected chi connectivity index (χ1v) is 9.78. The van der Waals surface area contributed by atoms with Gasteiger partial charge in [0.25, 0.3) is 0 Å². The zero-order chi connectivity index (χ0) is 19.0. The van der Waals surface area contributed by atoms with Gasteiger partial charge in [-0.25, -0.2) is 9.97 Å². The summed E-state index contributed by atoms with van der Waals surface area (Å²) in [6.07, 6.45) is 4.49. The summed E-state index contributed by atoms with van der Waals surface area (Å²) in [6, 6.07) is 3.74. The molecule has 0 spiro atoms. The third-order valence-corrected chi connectivity index (χ3v) is 5.48. The fourth-order valence-corrected chi connectivity index (χ4v) is 4.21. The average Bonchev–Trinajstić information content (AvgIpc) is 3.20. The molecule has 4 rings (SSSR count). The van der Waals surface area contributed by atoms with Crippen molar-refractivity contribution in [2.24, 2.45) is 0 Å². The molecule has 0 atom stereocenters. The molecule has 0 aliphatic carbocycles. The molecule has 0 saturated carbocycles. The summed E-state index contributed by atoms with van der Waals surface area (Å²) in [7, 11) is 1.61. The summed E-state index contributed by atoms with van der Waals surface area (Å²) in [5.41, 5.74) is 4.81. The number of aromatic amines is 2. The van der Waals surface area contributed by atoms with Crippen molar-refractivity contribution in [1.29, 1.82) is 0 Å². The zero-order valence-electron chi connectivity index (χ0n) is 15.5. The summed E-state index contributed by atoms with van der Waals surface area (Å²) in [4.78, 5) is 26.7. The van der Waals surface area contributed by atoms with E-state index in [9.17, 15) is 4.79 Å². The number of thiazole rings is 1. The zero-order valence-corrected chi connectivity index (χ0v) is 16.3. The second-order valence-electron chi connectivity index (χ2n) is 6.32. The van der Waals surface area contributed by atoms with E-state index < -0.39 is 0 Å². The van der Waals surface area contributed by atoms with E-state index in [1.54, 1.807) is 13.4 Å². The second kappa shape index (κ2) is 7.03. The number of anilines is 2. The van der Waals surface area contributed by atoms with Crippen LogP contribution in [0.25, 0.3) is 21.3 Å². The molecule has 8 heteroatoms. The number of H-pyrrole nitrogens is 2. The predicted molar refractivity (Wildman–Crippen MR) is 110 cm³/mol. The molecule has 3 aromatic heterocycles. The van der Waals surface area contributed by atoms with Crippen LogP contribution in [0.2, 0.25) is 0 Å². The fourth-order valence-electron chi connectivity index (χ4n) is 3.46. The van der Waals surface area contributed by atoms with Gasteiger partial charge >= 0.3 is 4.87 Å². The number of fused-ring (bicyclic) bond motifs is 2. The first-order chi connectivity index (χ1) is 13.1. The number of hydrogen-bond acceptors (Lipinski definition) is 6. The van der Waals surface area contributed by atoms with E-state index >= 15 is 0 Å². The summed E-state index contributed by atoms with van der Waals surface area (Å²) in [5.74, 6) is 1.38. The van der Waals surface area contributed by atoms with Crippen LogP contribution in [0.3, 0.4) is 0 Å². The summed E-state index contributed by atoms with van der Waals surface area (Å²) in [5, 5.41) is 4.40. The molecule has 3 N–H and O–H groups in total. The Kier molecular flexibility index (Phi) is 4.57. The molecule has 0 amide bonds. The predicted octanol–water partition coefficient (Wildman–Crippen LogP) is 4.13. The van der Waals surface area contributed by atoms with Crippen molar-refractivity contribution >= 4 is 44.1 Å². The quantitative estimate of drug-likeness (QED) is 0.465. The standard InChI is InChI=1S/C19H21N5O2S/c1-4-6-11-10(5-2)16-17(22-11)20-9-21-18(16)23-12-8-15-13(7-14(12)26-3)24-19(25)27-15/h7-9H,4-6H2,1-3H3,(H,24,25)(H2,20,21,22,23). The highest BCUT2D eigenvalue weighted by molar-refractivity contribution is 7.16. The topological polar surface area (TPSA) is 95.7 Å². The average molecular weight is 383 g/mol. The molecule has 0 saturated heterocycles.